The summed E-state index contributed by atoms with van der Waals surface area (Å²) in [7, 11) is -3.41. The summed E-state index contributed by atoms with van der Waals surface area (Å²) < 4.78 is 26.3. The number of anilines is 1. The van der Waals surface area contributed by atoms with Crippen LogP contribution in [0.25, 0.3) is 17.0 Å². The van der Waals surface area contributed by atoms with Crippen LogP contribution in [-0.4, -0.2) is 19.7 Å². The van der Waals surface area contributed by atoms with Gasteiger partial charge in [0.15, 0.2) is 0 Å². The van der Waals surface area contributed by atoms with Crippen molar-refractivity contribution in [2.45, 2.75) is 6.04 Å². The number of aromatic amines is 1. The van der Waals surface area contributed by atoms with E-state index in [1.54, 1.807) is 0 Å². The lowest BCUT2D eigenvalue weighted by Gasteiger charge is -2.33. The number of H-pyrrole nitrogens is 1. The van der Waals surface area contributed by atoms with E-state index in [2.05, 4.69) is 4.98 Å². The van der Waals surface area contributed by atoms with Crippen LogP contribution in [0.2, 0.25) is 0 Å². The maximum Gasteiger partial charge on any atom is 0.233 e. The lowest BCUT2D eigenvalue weighted by molar-refractivity contribution is 0.591. The van der Waals surface area contributed by atoms with Crippen molar-refractivity contribution >= 4 is 32.7 Å². The first-order valence-electron chi connectivity index (χ1n) is 7.38. The predicted octanol–water partition coefficient (Wildman–Crippen LogP) is 3.70. The van der Waals surface area contributed by atoms with Crippen molar-refractivity contribution in [2.24, 2.45) is 0 Å². The van der Waals surface area contributed by atoms with Crippen molar-refractivity contribution in [2.75, 3.05) is 10.6 Å². The van der Waals surface area contributed by atoms with Gasteiger partial charge in [-0.1, -0.05) is 48.6 Å². The molecule has 4 nitrogen and oxygen atoms in total. The van der Waals surface area contributed by atoms with Crippen LogP contribution < -0.4 is 4.31 Å². The van der Waals surface area contributed by atoms with Gasteiger partial charge in [0.25, 0.3) is 0 Å². The molecule has 0 bridgehead atoms. The van der Waals surface area contributed by atoms with E-state index >= 15 is 0 Å². The van der Waals surface area contributed by atoms with Gasteiger partial charge in [0.1, 0.15) is 6.04 Å². The quantitative estimate of drug-likeness (QED) is 0.781. The highest BCUT2D eigenvalue weighted by Crippen LogP contribution is 2.38. The van der Waals surface area contributed by atoms with Crippen LogP contribution in [-0.2, 0) is 10.0 Å². The molecule has 1 atom stereocenters. The van der Waals surface area contributed by atoms with Gasteiger partial charge in [0, 0.05) is 11.2 Å². The number of fused-ring (bicyclic) bond motifs is 2. The summed E-state index contributed by atoms with van der Waals surface area (Å²) in [4.78, 5) is 3.34. The molecular weight excluding hydrogens is 308 g/mol. The second kappa shape index (κ2) is 4.99. The lowest BCUT2D eigenvalue weighted by Crippen LogP contribution is -2.35. The molecule has 3 aromatic rings. The third kappa shape index (κ3) is 2.33. The van der Waals surface area contributed by atoms with Crippen molar-refractivity contribution in [1.29, 1.82) is 0 Å². The fourth-order valence-electron chi connectivity index (χ4n) is 3.12. The molecule has 0 amide bonds. The molecule has 116 valence electrons. The van der Waals surface area contributed by atoms with Gasteiger partial charge in [-0.15, -0.1) is 0 Å². The standard InChI is InChI=1S/C18H16N2O2S/c1-23(21,22)20-17-9-5-3-6-13(17)10-11-18(20)16-12-14-7-2-4-8-15(14)19-16/h2-12,18-19H,1H3/t18-/m0/s1. The zero-order chi connectivity index (χ0) is 16.0. The van der Waals surface area contributed by atoms with Crippen molar-refractivity contribution in [1.82, 2.24) is 4.98 Å². The van der Waals surface area contributed by atoms with E-state index in [-0.39, 0.29) is 6.04 Å². The second-order valence-electron chi connectivity index (χ2n) is 5.73. The molecule has 0 saturated carbocycles. The fraction of sp³-hybridized carbons (Fsp3) is 0.111. The number of sulfonamides is 1. The molecule has 0 aliphatic carbocycles. The van der Waals surface area contributed by atoms with Crippen LogP contribution in [0.4, 0.5) is 5.69 Å². The Labute approximate surface area is 135 Å². The Morgan fingerprint density at radius 1 is 1.04 bits per heavy atom. The number of hydrogen-bond acceptors (Lipinski definition) is 2. The lowest BCUT2D eigenvalue weighted by atomic mass is 10.0. The van der Waals surface area contributed by atoms with E-state index in [9.17, 15) is 8.42 Å². The summed E-state index contributed by atoms with van der Waals surface area (Å²) in [5.41, 5.74) is 3.48. The van der Waals surface area contributed by atoms with Gasteiger partial charge in [0.05, 0.1) is 11.9 Å². The molecule has 23 heavy (non-hydrogen) atoms. The molecule has 1 aromatic heterocycles. The molecule has 1 aliphatic heterocycles. The van der Waals surface area contributed by atoms with Crippen LogP contribution in [0.3, 0.4) is 0 Å². The second-order valence-corrected chi connectivity index (χ2v) is 7.59. The highest BCUT2D eigenvalue weighted by Gasteiger charge is 2.31. The maximum absolute atomic E-state index is 12.4. The SMILES string of the molecule is CS(=O)(=O)N1c2ccccc2C=C[C@H]1c1cc2ccccc2[nH]1. The summed E-state index contributed by atoms with van der Waals surface area (Å²) in [6.07, 6.45) is 5.15. The first-order valence-corrected chi connectivity index (χ1v) is 9.23. The highest BCUT2D eigenvalue weighted by atomic mass is 32.2. The van der Waals surface area contributed by atoms with E-state index in [4.69, 9.17) is 0 Å². The van der Waals surface area contributed by atoms with Crippen LogP contribution in [0.15, 0.2) is 60.7 Å². The number of rotatable bonds is 2. The van der Waals surface area contributed by atoms with Gasteiger partial charge in [-0.3, -0.25) is 4.31 Å². The Hall–Kier alpha value is -2.53. The third-order valence-electron chi connectivity index (χ3n) is 4.11. The average molecular weight is 324 g/mol. The molecule has 0 spiro atoms. The molecule has 0 saturated heterocycles. The van der Waals surface area contributed by atoms with Crippen molar-refractivity contribution in [3.8, 4) is 0 Å². The van der Waals surface area contributed by atoms with Gasteiger partial charge in [0.2, 0.25) is 10.0 Å². The third-order valence-corrected chi connectivity index (χ3v) is 5.25. The average Bonchev–Trinajstić information content (AvgIpc) is 2.96. The minimum atomic E-state index is -3.41. The highest BCUT2D eigenvalue weighted by molar-refractivity contribution is 7.92. The van der Waals surface area contributed by atoms with Gasteiger partial charge < -0.3 is 4.98 Å². The summed E-state index contributed by atoms with van der Waals surface area (Å²) in [5.74, 6) is 0. The molecule has 5 heteroatoms. The van der Waals surface area contributed by atoms with Crippen molar-refractivity contribution in [3.05, 3.63) is 71.9 Å². The van der Waals surface area contributed by atoms with Crippen molar-refractivity contribution < 1.29 is 8.42 Å². The minimum Gasteiger partial charge on any atom is -0.356 e. The first-order chi connectivity index (χ1) is 11.0. The van der Waals surface area contributed by atoms with Gasteiger partial charge in [-0.25, -0.2) is 8.42 Å². The molecule has 2 heterocycles. The molecular formula is C18H16N2O2S. The molecule has 1 aliphatic rings. The van der Waals surface area contributed by atoms with Crippen LogP contribution in [0.5, 0.6) is 0 Å². The number of hydrogen-bond donors (Lipinski definition) is 1. The van der Waals surface area contributed by atoms with Gasteiger partial charge in [-0.2, -0.15) is 0 Å². The monoisotopic (exact) mass is 324 g/mol. The number of para-hydroxylation sites is 2. The number of nitrogens with one attached hydrogen (secondary N) is 1. The van der Waals surface area contributed by atoms with E-state index in [0.29, 0.717) is 5.69 Å². The summed E-state index contributed by atoms with van der Waals surface area (Å²) in [6.45, 7) is 0. The van der Waals surface area contributed by atoms with Gasteiger partial charge in [-0.05, 0) is 29.1 Å². The topological polar surface area (TPSA) is 53.2 Å². The number of nitrogens with zero attached hydrogens (tertiary/aromatic N) is 1. The molecule has 4 rings (SSSR count). The largest absolute Gasteiger partial charge is 0.356 e. The number of benzene rings is 2. The fourth-order valence-corrected chi connectivity index (χ4v) is 4.24. The Bertz CT molecular complexity index is 985. The molecule has 1 N–H and O–H groups in total. The van der Waals surface area contributed by atoms with Crippen LogP contribution in [0.1, 0.15) is 17.3 Å². The van der Waals surface area contributed by atoms with E-state index in [1.807, 2.05) is 66.7 Å². The van der Waals surface area contributed by atoms with E-state index < -0.39 is 10.0 Å². The Morgan fingerprint density at radius 2 is 1.78 bits per heavy atom. The molecule has 0 radical (unpaired) electrons. The van der Waals surface area contributed by atoms with E-state index in [0.717, 1.165) is 22.2 Å². The minimum absolute atomic E-state index is 0.368. The summed E-state index contributed by atoms with van der Waals surface area (Å²) in [6, 6.07) is 17.1. The zero-order valence-corrected chi connectivity index (χ0v) is 13.4. The molecule has 0 fully saturated rings. The summed E-state index contributed by atoms with van der Waals surface area (Å²) >= 11 is 0. The zero-order valence-electron chi connectivity index (χ0n) is 12.6. The van der Waals surface area contributed by atoms with Crippen molar-refractivity contribution in [3.63, 3.8) is 0 Å². The van der Waals surface area contributed by atoms with Crippen LogP contribution >= 0.6 is 0 Å². The predicted molar refractivity (Wildman–Crippen MR) is 93.8 cm³/mol. The normalized spacial score (nSPS) is 17.4. The number of aromatic nitrogens is 1. The Balaban J connectivity index is 1.91. The Kier molecular flexibility index (Phi) is 3.06. The Morgan fingerprint density at radius 3 is 2.57 bits per heavy atom. The molecule has 2 aromatic carbocycles. The summed E-state index contributed by atoms with van der Waals surface area (Å²) in [5, 5.41) is 1.07. The van der Waals surface area contributed by atoms with Crippen LogP contribution in [0, 0.1) is 0 Å². The van der Waals surface area contributed by atoms with E-state index in [1.165, 1.54) is 10.6 Å². The smallest absolute Gasteiger partial charge is 0.233 e. The van der Waals surface area contributed by atoms with Gasteiger partial charge >= 0.3 is 0 Å². The maximum atomic E-state index is 12.4. The first kappa shape index (κ1) is 14.1. The molecule has 0 unspecified atom stereocenters.